The molecule has 28 heavy (non-hydrogen) atoms. The highest BCUT2D eigenvalue weighted by Gasteiger charge is 2.76. The van der Waals surface area contributed by atoms with Gasteiger partial charge in [-0.15, -0.1) is 0 Å². The van der Waals surface area contributed by atoms with Crippen molar-refractivity contribution in [2.75, 3.05) is 0 Å². The third kappa shape index (κ3) is 5.90. The van der Waals surface area contributed by atoms with Gasteiger partial charge < -0.3 is 4.74 Å². The van der Waals surface area contributed by atoms with Crippen molar-refractivity contribution in [2.24, 2.45) is 5.92 Å². The normalized spacial score (nSPS) is 16.5. The van der Waals surface area contributed by atoms with Gasteiger partial charge in [0.2, 0.25) is 5.76 Å². The second-order valence-corrected chi connectivity index (χ2v) is 5.48. The van der Waals surface area contributed by atoms with Crippen LogP contribution in [0, 0.1) is 5.92 Å². The predicted octanol–water partition coefficient (Wildman–Crippen LogP) is 6.18. The van der Waals surface area contributed by atoms with E-state index >= 15 is 0 Å². The second kappa shape index (κ2) is 7.97. The Morgan fingerprint density at radius 3 is 1.46 bits per heavy atom. The molecule has 0 aliphatic rings. The molecule has 1 unspecified atom stereocenters. The van der Waals surface area contributed by atoms with Crippen molar-refractivity contribution in [3.8, 4) is 0 Å². The van der Waals surface area contributed by atoms with Crippen LogP contribution >= 0.6 is 0 Å². The molecular formula is C13H11F13O2. The first-order valence-corrected chi connectivity index (χ1v) is 7.01. The number of hydrogen-bond donors (Lipinski definition) is 0. The van der Waals surface area contributed by atoms with Crippen molar-refractivity contribution in [1.82, 2.24) is 0 Å². The zero-order valence-electron chi connectivity index (χ0n) is 13.7. The van der Waals surface area contributed by atoms with Gasteiger partial charge in [0.25, 0.3) is 0 Å². The average Bonchev–Trinajstić information content (AvgIpc) is 2.44. The minimum Gasteiger partial charge on any atom is -0.421 e. The molecule has 0 aromatic carbocycles. The average molecular weight is 446 g/mol. The molecule has 2 nitrogen and oxygen atoms in total. The molecule has 1 atom stereocenters. The lowest BCUT2D eigenvalue weighted by atomic mass is 9.89. The Balaban J connectivity index is 7.12. The molecule has 0 N–H and O–H groups in total. The fourth-order valence-electron chi connectivity index (χ4n) is 1.72. The molecule has 166 valence electrons. The van der Waals surface area contributed by atoms with E-state index in [1.165, 1.54) is 0 Å². The Bertz CT molecular complexity index is 578. The van der Waals surface area contributed by atoms with Gasteiger partial charge in [-0.3, -0.25) is 4.79 Å². The number of carbonyl (C=O) groups is 1. The van der Waals surface area contributed by atoms with Crippen LogP contribution in [0.5, 0.6) is 0 Å². The Kier molecular flexibility index (Phi) is 7.48. The summed E-state index contributed by atoms with van der Waals surface area (Å²) in [6.45, 7) is 1.97. The zero-order valence-corrected chi connectivity index (χ0v) is 13.7. The summed E-state index contributed by atoms with van der Waals surface area (Å²) in [5.74, 6) is -7.32. The van der Waals surface area contributed by atoms with Crippen LogP contribution in [0.25, 0.3) is 0 Å². The quantitative estimate of drug-likeness (QED) is 0.287. The highest BCUT2D eigenvalue weighted by Crippen LogP contribution is 2.55. The van der Waals surface area contributed by atoms with Gasteiger partial charge in [-0.05, 0) is 6.42 Å². The number of hydrogen-bond acceptors (Lipinski definition) is 2. The second-order valence-electron chi connectivity index (χ2n) is 5.48. The van der Waals surface area contributed by atoms with Gasteiger partial charge in [0.1, 0.15) is 0 Å². The van der Waals surface area contributed by atoms with E-state index in [1.807, 2.05) is 0 Å². The number of allylic oxidation sites excluding steroid dienone is 2. The first-order chi connectivity index (χ1) is 12.1. The van der Waals surface area contributed by atoms with Crippen molar-refractivity contribution in [3.05, 3.63) is 11.3 Å². The largest absolute Gasteiger partial charge is 0.449 e. The van der Waals surface area contributed by atoms with Gasteiger partial charge in [0.05, 0.1) is 12.3 Å². The number of halogens is 13. The molecule has 0 amide bonds. The molecule has 0 rings (SSSR count). The summed E-state index contributed by atoms with van der Waals surface area (Å²) in [6.07, 6.45) is -31.2. The Morgan fingerprint density at radius 2 is 1.21 bits per heavy atom. The summed E-state index contributed by atoms with van der Waals surface area (Å²) >= 11 is 0. The number of esters is 1. The molecule has 15 heteroatoms. The van der Waals surface area contributed by atoms with E-state index in [1.54, 1.807) is 0 Å². The van der Waals surface area contributed by atoms with E-state index in [-0.39, 0.29) is 6.42 Å². The molecular weight excluding hydrogens is 435 g/mol. The first-order valence-electron chi connectivity index (χ1n) is 7.01. The minimum absolute atomic E-state index is 0.335. The third-order valence-corrected chi connectivity index (χ3v) is 3.32. The van der Waals surface area contributed by atoms with Gasteiger partial charge in [0, 0.05) is 5.57 Å². The van der Waals surface area contributed by atoms with E-state index < -0.39 is 60.0 Å². The maximum Gasteiger partial charge on any atom is 0.449 e. The van der Waals surface area contributed by atoms with Crippen LogP contribution in [0.1, 0.15) is 26.7 Å². The standard InChI is InChI=1S/C13H11F13O2/c1-3-5(2)8(27)28-7(11(18,19)20)6(4-9(14,15)16)10(17,12(21,22)23)13(24,25)26/h5H,3-4H2,1-2H3/b7-6-. The SMILES string of the molecule is CCC(C)C(=O)O/C(=C(/CC(F)(F)F)C(F)(C(F)(F)F)C(F)(F)F)C(F)(F)F. The lowest BCUT2D eigenvalue weighted by Gasteiger charge is -2.34. The van der Waals surface area contributed by atoms with E-state index in [9.17, 15) is 61.9 Å². The maximum atomic E-state index is 14.0. The van der Waals surface area contributed by atoms with E-state index in [2.05, 4.69) is 4.74 Å². The minimum atomic E-state index is -7.29. The summed E-state index contributed by atoms with van der Waals surface area (Å²) in [4.78, 5) is 11.4. The van der Waals surface area contributed by atoms with Crippen molar-refractivity contribution < 1.29 is 66.6 Å². The van der Waals surface area contributed by atoms with Crippen LogP contribution in [-0.4, -0.2) is 36.3 Å². The third-order valence-electron chi connectivity index (χ3n) is 3.32. The van der Waals surface area contributed by atoms with E-state index in [4.69, 9.17) is 0 Å². The Hall–Kier alpha value is -1.70. The van der Waals surface area contributed by atoms with Crippen molar-refractivity contribution >= 4 is 5.97 Å². The molecule has 0 saturated carbocycles. The van der Waals surface area contributed by atoms with Crippen LogP contribution in [-0.2, 0) is 9.53 Å². The summed E-state index contributed by atoms with van der Waals surface area (Å²) < 4.78 is 170. The molecule has 0 bridgehead atoms. The molecule has 0 saturated heterocycles. The van der Waals surface area contributed by atoms with Crippen LogP contribution in [0.2, 0.25) is 0 Å². The number of alkyl halides is 13. The molecule has 0 aliphatic heterocycles. The topological polar surface area (TPSA) is 26.3 Å². The van der Waals surface area contributed by atoms with Gasteiger partial charge in [-0.2, -0.15) is 52.7 Å². The summed E-state index contributed by atoms with van der Waals surface area (Å²) in [5.41, 5.74) is -11.0. The number of ether oxygens (including phenoxy) is 1. The summed E-state index contributed by atoms with van der Waals surface area (Å²) in [6, 6.07) is 0. The van der Waals surface area contributed by atoms with E-state index in [0.29, 0.717) is 0 Å². The monoisotopic (exact) mass is 446 g/mol. The molecule has 0 radical (unpaired) electrons. The van der Waals surface area contributed by atoms with Gasteiger partial charge >= 0.3 is 36.3 Å². The lowest BCUT2D eigenvalue weighted by Crippen LogP contribution is -2.56. The Labute approximate surface area is 148 Å². The van der Waals surface area contributed by atoms with E-state index in [0.717, 1.165) is 13.8 Å². The molecule has 0 spiro atoms. The molecule has 0 fully saturated rings. The van der Waals surface area contributed by atoms with Gasteiger partial charge in [0.15, 0.2) is 0 Å². The maximum absolute atomic E-state index is 14.0. The smallest absolute Gasteiger partial charge is 0.421 e. The number of carbonyl (C=O) groups excluding carboxylic acids is 1. The van der Waals surface area contributed by atoms with Crippen LogP contribution < -0.4 is 0 Å². The molecule has 0 aliphatic carbocycles. The fourth-order valence-corrected chi connectivity index (χ4v) is 1.72. The van der Waals surface area contributed by atoms with Crippen molar-refractivity contribution in [3.63, 3.8) is 0 Å². The molecule has 0 heterocycles. The summed E-state index contributed by atoms with van der Waals surface area (Å²) in [7, 11) is 0. The Morgan fingerprint density at radius 1 is 0.821 bits per heavy atom. The van der Waals surface area contributed by atoms with Gasteiger partial charge in [-0.1, -0.05) is 13.8 Å². The summed E-state index contributed by atoms with van der Waals surface area (Å²) in [5, 5.41) is 0. The van der Waals surface area contributed by atoms with Crippen LogP contribution in [0.3, 0.4) is 0 Å². The predicted molar refractivity (Wildman–Crippen MR) is 65.2 cm³/mol. The fraction of sp³-hybridized carbons (Fsp3) is 0.769. The first kappa shape index (κ1) is 26.3. The van der Waals surface area contributed by atoms with Gasteiger partial charge in [-0.25, -0.2) is 4.39 Å². The van der Waals surface area contributed by atoms with Crippen molar-refractivity contribution in [1.29, 1.82) is 0 Å². The zero-order chi connectivity index (χ0) is 22.9. The lowest BCUT2D eigenvalue weighted by molar-refractivity contribution is -0.330. The highest BCUT2D eigenvalue weighted by atomic mass is 19.4. The number of rotatable bonds is 5. The van der Waals surface area contributed by atoms with Crippen LogP contribution in [0.4, 0.5) is 57.1 Å². The van der Waals surface area contributed by atoms with Crippen LogP contribution in [0.15, 0.2) is 11.3 Å². The highest BCUT2D eigenvalue weighted by molar-refractivity contribution is 5.73. The molecule has 0 aromatic heterocycles. The molecule has 0 aromatic rings. The van der Waals surface area contributed by atoms with Crippen molar-refractivity contribution in [2.45, 2.75) is 57.1 Å².